The number of allylic oxidation sites excluding steroid dienone is 1. The molecule has 0 radical (unpaired) electrons. The Morgan fingerprint density at radius 1 is 0.982 bits per heavy atom. The minimum atomic E-state index is -1.01. The van der Waals surface area contributed by atoms with Gasteiger partial charge in [-0.15, -0.1) is 18.3 Å². The topological polar surface area (TPSA) is 125 Å². The van der Waals surface area contributed by atoms with Crippen molar-refractivity contribution in [2.45, 2.75) is 118 Å². The normalized spacial score (nSPS) is 29.1. The lowest BCUT2D eigenvalue weighted by Crippen LogP contribution is -2.64. The van der Waals surface area contributed by atoms with Crippen molar-refractivity contribution in [3.63, 3.8) is 0 Å². The Hall–Kier alpha value is -3.35. The molecule has 7 atom stereocenters. The molecule has 5 aliphatic rings. The molecule has 56 heavy (non-hydrogen) atoms. The summed E-state index contributed by atoms with van der Waals surface area (Å²) in [5.74, 6) is 1.51. The van der Waals surface area contributed by atoms with E-state index in [1.165, 1.54) is 25.7 Å². The standard InChI is InChI=1S/C45H59NO9S/c1-3-23-52-45-41(56-34-13-4-5-14-34)28-38(46-55-42-16-8-11-24-51-42)36-26-30(12-6-9-21-47)35(15-7-10-22-48)43(44(36)45)37-27-33(18-20-40(37)54-45)53-32-17-19-39(50-2)31(25-32)29-49/h3,17-20,25-27,29-30,34-35,41-44,47-48H,1,4-16,21-24,28H2,2H3. The minimum absolute atomic E-state index is 0.0468. The van der Waals surface area contributed by atoms with Gasteiger partial charge in [0, 0.05) is 42.8 Å². The summed E-state index contributed by atoms with van der Waals surface area (Å²) < 4.78 is 32.3. The van der Waals surface area contributed by atoms with Crippen LogP contribution < -0.4 is 14.2 Å². The summed E-state index contributed by atoms with van der Waals surface area (Å²) >= 11 is 1.99. The first kappa shape index (κ1) is 40.8. The van der Waals surface area contributed by atoms with E-state index >= 15 is 0 Å². The second-order valence-electron chi connectivity index (χ2n) is 15.8. The van der Waals surface area contributed by atoms with Gasteiger partial charge in [-0.25, -0.2) is 0 Å². The third kappa shape index (κ3) is 8.87. The molecule has 11 heteroatoms. The lowest BCUT2D eigenvalue weighted by molar-refractivity contribution is -0.223. The van der Waals surface area contributed by atoms with E-state index in [0.717, 1.165) is 86.7 Å². The highest BCUT2D eigenvalue weighted by Crippen LogP contribution is 2.63. The Balaban J connectivity index is 1.38. The van der Waals surface area contributed by atoms with Gasteiger partial charge in [0.05, 0.1) is 42.8 Å². The number of benzene rings is 2. The average molecular weight is 790 g/mol. The van der Waals surface area contributed by atoms with Crippen molar-refractivity contribution < 1.29 is 43.5 Å². The van der Waals surface area contributed by atoms with Crippen molar-refractivity contribution in [3.8, 4) is 23.0 Å². The van der Waals surface area contributed by atoms with Crippen LogP contribution in [0.2, 0.25) is 0 Å². The number of thioether (sulfide) groups is 1. The maximum atomic E-state index is 11.9. The fraction of sp³-hybridized carbons (Fsp3) is 0.600. The van der Waals surface area contributed by atoms with Crippen molar-refractivity contribution in [1.29, 1.82) is 0 Å². The molecule has 304 valence electrons. The molecule has 2 aliphatic heterocycles. The minimum Gasteiger partial charge on any atom is -0.496 e. The zero-order chi connectivity index (χ0) is 38.9. The number of methoxy groups -OCH3 is 1. The van der Waals surface area contributed by atoms with E-state index in [1.807, 2.05) is 30.0 Å². The number of hydrogen-bond donors (Lipinski definition) is 2. The smallest absolute Gasteiger partial charge is 0.230 e. The largest absolute Gasteiger partial charge is 0.496 e. The van der Waals surface area contributed by atoms with E-state index in [-0.39, 0.29) is 48.4 Å². The van der Waals surface area contributed by atoms with Gasteiger partial charge < -0.3 is 38.7 Å². The predicted molar refractivity (Wildman–Crippen MR) is 218 cm³/mol. The molecule has 2 saturated carbocycles. The molecule has 7 unspecified atom stereocenters. The van der Waals surface area contributed by atoms with Crippen LogP contribution in [0.1, 0.15) is 112 Å². The summed E-state index contributed by atoms with van der Waals surface area (Å²) in [6.45, 7) is 5.36. The van der Waals surface area contributed by atoms with Crippen LogP contribution in [0, 0.1) is 17.8 Å². The molecule has 2 aromatic carbocycles. The zero-order valence-electron chi connectivity index (χ0n) is 32.8. The average Bonchev–Trinajstić information content (AvgIpc) is 3.75. The summed E-state index contributed by atoms with van der Waals surface area (Å²) in [5, 5.41) is 25.2. The number of rotatable bonds is 19. The second kappa shape index (κ2) is 19.4. The van der Waals surface area contributed by atoms with E-state index in [1.54, 1.807) is 25.3 Å². The summed E-state index contributed by atoms with van der Waals surface area (Å²) in [7, 11) is 1.54. The van der Waals surface area contributed by atoms with Crippen LogP contribution in [0.25, 0.3) is 0 Å². The maximum Gasteiger partial charge on any atom is 0.230 e. The van der Waals surface area contributed by atoms with Crippen LogP contribution in [-0.2, 0) is 14.3 Å². The Morgan fingerprint density at radius 2 is 1.75 bits per heavy atom. The molecule has 10 nitrogen and oxygen atoms in total. The van der Waals surface area contributed by atoms with Crippen LogP contribution in [0.4, 0.5) is 0 Å². The summed E-state index contributed by atoms with van der Waals surface area (Å²) in [6, 6.07) is 11.3. The van der Waals surface area contributed by atoms with Crippen molar-refractivity contribution >= 4 is 23.8 Å². The first-order chi connectivity index (χ1) is 27.5. The molecule has 0 spiro atoms. The second-order valence-corrected chi connectivity index (χ2v) is 17.3. The zero-order valence-corrected chi connectivity index (χ0v) is 33.6. The lowest BCUT2D eigenvalue weighted by Gasteiger charge is -2.58. The number of nitrogens with zero attached hydrogens (tertiary/aromatic N) is 1. The fourth-order valence-corrected chi connectivity index (χ4v) is 11.5. The molecule has 0 bridgehead atoms. The first-order valence-corrected chi connectivity index (χ1v) is 21.8. The van der Waals surface area contributed by atoms with E-state index < -0.39 is 5.79 Å². The molecule has 2 heterocycles. The Labute approximate surface area is 336 Å². The summed E-state index contributed by atoms with van der Waals surface area (Å²) in [4.78, 5) is 18.1. The highest BCUT2D eigenvalue weighted by atomic mass is 32.2. The number of aliphatic hydroxyl groups excluding tert-OH is 2. The molecule has 7 rings (SSSR count). The van der Waals surface area contributed by atoms with Gasteiger partial charge in [0.1, 0.15) is 23.0 Å². The van der Waals surface area contributed by atoms with E-state index in [2.05, 4.69) is 18.7 Å². The molecular formula is C45H59NO9S. The third-order valence-electron chi connectivity index (χ3n) is 12.3. The number of oxime groups is 1. The van der Waals surface area contributed by atoms with Crippen molar-refractivity contribution in [3.05, 3.63) is 71.8 Å². The van der Waals surface area contributed by atoms with Gasteiger partial charge in [-0.1, -0.05) is 43.0 Å². The Morgan fingerprint density at radius 3 is 2.48 bits per heavy atom. The summed E-state index contributed by atoms with van der Waals surface area (Å²) in [6.07, 6.45) is 18.0. The third-order valence-corrected chi connectivity index (χ3v) is 13.9. The number of aldehydes is 1. The molecule has 0 aromatic heterocycles. The number of carbonyl (C=O) groups excluding carboxylic acids is 1. The molecule has 3 aliphatic carbocycles. The number of hydrogen-bond acceptors (Lipinski definition) is 11. The van der Waals surface area contributed by atoms with Gasteiger partial charge in [-0.05, 0) is 105 Å². The molecule has 0 amide bonds. The molecule has 2 N–H and O–H groups in total. The molecule has 3 fully saturated rings. The monoisotopic (exact) mass is 789 g/mol. The Bertz CT molecular complexity index is 1700. The van der Waals surface area contributed by atoms with Crippen molar-refractivity contribution in [1.82, 2.24) is 0 Å². The predicted octanol–water partition coefficient (Wildman–Crippen LogP) is 9.14. The van der Waals surface area contributed by atoms with Crippen LogP contribution in [0.5, 0.6) is 23.0 Å². The van der Waals surface area contributed by atoms with Crippen molar-refractivity contribution in [2.24, 2.45) is 22.9 Å². The molecule has 1 saturated heterocycles. The van der Waals surface area contributed by atoms with Gasteiger partial charge in [0.15, 0.2) is 6.29 Å². The van der Waals surface area contributed by atoms with Gasteiger partial charge in [-0.3, -0.25) is 4.79 Å². The first-order valence-electron chi connectivity index (χ1n) is 20.8. The SMILES string of the molecule is C=CCOC12Oc3ccc(Oc4ccc(OC)c(C=O)c4)cc3C3C(CCCCO)C(CCCCO)C=C(C(=NOC4CCCCO4)CC1SC1CCCC1)C32. The molecular weight excluding hydrogens is 731 g/mol. The van der Waals surface area contributed by atoms with Crippen LogP contribution in [0.15, 0.2) is 65.9 Å². The number of aliphatic hydroxyl groups is 2. The number of ether oxygens (including phenoxy) is 5. The highest BCUT2D eigenvalue weighted by Gasteiger charge is 2.64. The molecule has 2 aromatic rings. The fourth-order valence-electron chi connectivity index (χ4n) is 9.68. The number of carbonyl (C=O) groups is 1. The van der Waals surface area contributed by atoms with Gasteiger partial charge in [-0.2, -0.15) is 0 Å². The van der Waals surface area contributed by atoms with E-state index in [9.17, 15) is 15.0 Å². The quantitative estimate of drug-likeness (QED) is 0.0616. The van der Waals surface area contributed by atoms with Crippen LogP contribution >= 0.6 is 11.8 Å². The summed E-state index contributed by atoms with van der Waals surface area (Å²) in [5.41, 5.74) is 3.49. The van der Waals surface area contributed by atoms with Crippen LogP contribution in [0.3, 0.4) is 0 Å². The number of fused-ring (bicyclic) bond motifs is 2. The van der Waals surface area contributed by atoms with Crippen LogP contribution in [-0.4, -0.2) is 78.3 Å². The highest BCUT2D eigenvalue weighted by molar-refractivity contribution is 8.00. The van der Waals surface area contributed by atoms with Crippen molar-refractivity contribution in [2.75, 3.05) is 33.5 Å². The van der Waals surface area contributed by atoms with Gasteiger partial charge >= 0.3 is 0 Å². The van der Waals surface area contributed by atoms with E-state index in [0.29, 0.717) is 47.7 Å². The Kier molecular flexibility index (Phi) is 14.1. The van der Waals surface area contributed by atoms with E-state index in [4.69, 9.17) is 33.7 Å². The number of unbranched alkanes of at least 4 members (excludes halogenated alkanes) is 2. The van der Waals surface area contributed by atoms with Gasteiger partial charge in [0.25, 0.3) is 0 Å². The maximum absolute atomic E-state index is 11.9. The van der Waals surface area contributed by atoms with Gasteiger partial charge in [0.2, 0.25) is 12.1 Å². The lowest BCUT2D eigenvalue weighted by atomic mass is 9.56.